The third-order valence-electron chi connectivity index (χ3n) is 3.83. The van der Waals surface area contributed by atoms with Crippen LogP contribution in [0.4, 0.5) is 0 Å². The van der Waals surface area contributed by atoms with Gasteiger partial charge >= 0.3 is 0 Å². The van der Waals surface area contributed by atoms with Crippen molar-refractivity contribution in [3.63, 3.8) is 0 Å². The van der Waals surface area contributed by atoms with Crippen LogP contribution in [0.25, 0.3) is 16.7 Å². The maximum atomic E-state index is 12.8. The van der Waals surface area contributed by atoms with E-state index in [1.54, 1.807) is 22.2 Å². The van der Waals surface area contributed by atoms with E-state index in [1.807, 2.05) is 30.3 Å². The van der Waals surface area contributed by atoms with E-state index in [1.165, 1.54) is 6.33 Å². The molecule has 6 nitrogen and oxygen atoms in total. The second-order valence-corrected chi connectivity index (χ2v) is 5.68. The Morgan fingerprint density at radius 2 is 2.04 bits per heavy atom. The normalized spacial score (nSPS) is 11.4. The van der Waals surface area contributed by atoms with Crippen LogP contribution in [0.5, 0.6) is 0 Å². The van der Waals surface area contributed by atoms with Crippen LogP contribution in [-0.2, 0) is 6.54 Å². The van der Waals surface area contributed by atoms with Gasteiger partial charge in [0.2, 0.25) is 0 Å². The third-order valence-corrected chi connectivity index (χ3v) is 4.20. The number of rotatable bonds is 2. The van der Waals surface area contributed by atoms with Gasteiger partial charge in [0.25, 0.3) is 11.3 Å². The molecule has 7 heteroatoms. The highest BCUT2D eigenvalue weighted by atomic mass is 35.5. The van der Waals surface area contributed by atoms with Gasteiger partial charge in [-0.2, -0.15) is 14.6 Å². The Hall–Kier alpha value is -2.73. The number of hydrogen-bond donors (Lipinski definition) is 0. The number of benzene rings is 1. The SMILES string of the molecule is Cc1nc2ncnn2c2ccn(Cc3ccccc3Cl)c(=O)c12. The molecule has 0 radical (unpaired) electrons. The lowest BCUT2D eigenvalue weighted by Crippen LogP contribution is -2.22. The van der Waals surface area contributed by atoms with Crippen molar-refractivity contribution in [1.82, 2.24) is 24.1 Å². The van der Waals surface area contributed by atoms with Crippen LogP contribution >= 0.6 is 11.6 Å². The van der Waals surface area contributed by atoms with Crippen LogP contribution in [0.1, 0.15) is 11.3 Å². The fourth-order valence-corrected chi connectivity index (χ4v) is 2.90. The summed E-state index contributed by atoms with van der Waals surface area (Å²) in [5, 5.41) is 5.31. The van der Waals surface area contributed by atoms with Gasteiger partial charge in [-0.3, -0.25) is 4.79 Å². The lowest BCUT2D eigenvalue weighted by Gasteiger charge is -2.10. The number of hydrogen-bond acceptors (Lipinski definition) is 4. The molecule has 0 unspecified atom stereocenters. The molecule has 0 bridgehead atoms. The summed E-state index contributed by atoms with van der Waals surface area (Å²) in [6, 6.07) is 9.34. The van der Waals surface area contributed by atoms with Gasteiger partial charge in [-0.05, 0) is 24.6 Å². The summed E-state index contributed by atoms with van der Waals surface area (Å²) in [5.74, 6) is 0.484. The van der Waals surface area contributed by atoms with Crippen LogP contribution in [-0.4, -0.2) is 24.1 Å². The second-order valence-electron chi connectivity index (χ2n) is 5.27. The molecule has 0 aliphatic heterocycles. The van der Waals surface area contributed by atoms with Crippen molar-refractivity contribution in [2.24, 2.45) is 0 Å². The maximum Gasteiger partial charge on any atom is 0.262 e. The minimum atomic E-state index is -0.121. The minimum absolute atomic E-state index is 0.121. The van der Waals surface area contributed by atoms with Crippen molar-refractivity contribution in [3.8, 4) is 0 Å². The average Bonchev–Trinajstić information content (AvgIpc) is 3.00. The van der Waals surface area contributed by atoms with Crippen LogP contribution in [0.15, 0.2) is 47.7 Å². The van der Waals surface area contributed by atoms with Crippen LogP contribution in [0.3, 0.4) is 0 Å². The molecule has 0 amide bonds. The number of halogens is 1. The predicted octanol–water partition coefficient (Wildman–Crippen LogP) is 2.45. The van der Waals surface area contributed by atoms with Gasteiger partial charge in [0, 0.05) is 11.2 Å². The molecule has 0 atom stereocenters. The first kappa shape index (κ1) is 13.9. The minimum Gasteiger partial charge on any atom is -0.310 e. The zero-order valence-corrected chi connectivity index (χ0v) is 13.0. The van der Waals surface area contributed by atoms with Crippen molar-refractivity contribution >= 4 is 28.3 Å². The van der Waals surface area contributed by atoms with Crippen molar-refractivity contribution in [3.05, 3.63) is 69.5 Å². The van der Waals surface area contributed by atoms with E-state index in [-0.39, 0.29) is 5.56 Å². The highest BCUT2D eigenvalue weighted by molar-refractivity contribution is 6.31. The van der Waals surface area contributed by atoms with E-state index >= 15 is 0 Å². The lowest BCUT2D eigenvalue weighted by atomic mass is 10.2. The molecule has 3 heterocycles. The Balaban J connectivity index is 1.95. The van der Waals surface area contributed by atoms with Crippen molar-refractivity contribution < 1.29 is 0 Å². The summed E-state index contributed by atoms with van der Waals surface area (Å²) in [6.07, 6.45) is 3.17. The Morgan fingerprint density at radius 1 is 1.22 bits per heavy atom. The Labute approximate surface area is 136 Å². The summed E-state index contributed by atoms with van der Waals surface area (Å²) in [5.41, 5.74) is 2.11. The molecular weight excluding hydrogens is 314 g/mol. The molecule has 0 aliphatic rings. The highest BCUT2D eigenvalue weighted by Gasteiger charge is 2.12. The molecule has 0 fully saturated rings. The molecule has 3 aromatic heterocycles. The van der Waals surface area contributed by atoms with Gasteiger partial charge in [-0.25, -0.2) is 4.98 Å². The van der Waals surface area contributed by atoms with Crippen molar-refractivity contribution in [2.45, 2.75) is 13.5 Å². The zero-order valence-electron chi connectivity index (χ0n) is 12.3. The van der Waals surface area contributed by atoms with Gasteiger partial charge in [0.1, 0.15) is 6.33 Å². The molecule has 0 saturated heterocycles. The Kier molecular flexibility index (Phi) is 3.12. The van der Waals surface area contributed by atoms with E-state index in [4.69, 9.17) is 11.6 Å². The molecule has 23 heavy (non-hydrogen) atoms. The van der Waals surface area contributed by atoms with Gasteiger partial charge < -0.3 is 4.57 Å². The lowest BCUT2D eigenvalue weighted by molar-refractivity contribution is 0.764. The standard InChI is InChI=1S/C16H12ClN5O/c1-10-14-13(22-16(20-10)18-9-19-22)6-7-21(15(14)23)8-11-4-2-3-5-12(11)17/h2-7,9H,8H2,1H3. The van der Waals surface area contributed by atoms with Crippen molar-refractivity contribution in [1.29, 1.82) is 0 Å². The molecule has 0 N–H and O–H groups in total. The number of pyridine rings is 1. The van der Waals surface area contributed by atoms with E-state index in [0.717, 1.165) is 5.56 Å². The smallest absolute Gasteiger partial charge is 0.262 e. The number of nitrogens with zero attached hydrogens (tertiary/aromatic N) is 5. The Morgan fingerprint density at radius 3 is 2.87 bits per heavy atom. The number of fused-ring (bicyclic) bond motifs is 3. The topological polar surface area (TPSA) is 65.1 Å². The molecule has 1 aromatic carbocycles. The monoisotopic (exact) mass is 325 g/mol. The summed E-state index contributed by atoms with van der Waals surface area (Å²) in [7, 11) is 0. The molecule has 0 aliphatic carbocycles. The first-order chi connectivity index (χ1) is 11.1. The summed E-state index contributed by atoms with van der Waals surface area (Å²) < 4.78 is 3.20. The molecule has 0 saturated carbocycles. The fraction of sp³-hybridized carbons (Fsp3) is 0.125. The van der Waals surface area contributed by atoms with Crippen molar-refractivity contribution in [2.75, 3.05) is 0 Å². The number of aryl methyl sites for hydroxylation is 1. The highest BCUT2D eigenvalue weighted by Crippen LogP contribution is 2.17. The van der Waals surface area contributed by atoms with E-state index in [9.17, 15) is 4.79 Å². The van der Waals surface area contributed by atoms with Crippen LogP contribution in [0.2, 0.25) is 5.02 Å². The number of aromatic nitrogens is 5. The van der Waals surface area contributed by atoms with Crippen LogP contribution in [0, 0.1) is 6.92 Å². The van der Waals surface area contributed by atoms with E-state index < -0.39 is 0 Å². The van der Waals surface area contributed by atoms with Gasteiger partial charge in [0.15, 0.2) is 0 Å². The molecule has 114 valence electrons. The zero-order chi connectivity index (χ0) is 16.0. The molecule has 4 rings (SSSR count). The van der Waals surface area contributed by atoms with Gasteiger partial charge in [-0.15, -0.1) is 0 Å². The fourth-order valence-electron chi connectivity index (χ4n) is 2.70. The quantitative estimate of drug-likeness (QED) is 0.568. The molecular formula is C16H12ClN5O. The third kappa shape index (κ3) is 2.19. The average molecular weight is 326 g/mol. The molecule has 0 spiro atoms. The maximum absolute atomic E-state index is 12.8. The predicted molar refractivity (Wildman–Crippen MR) is 87.8 cm³/mol. The van der Waals surface area contributed by atoms with Gasteiger partial charge in [0.05, 0.1) is 23.1 Å². The first-order valence-electron chi connectivity index (χ1n) is 7.08. The van der Waals surface area contributed by atoms with E-state index in [2.05, 4.69) is 15.1 Å². The largest absolute Gasteiger partial charge is 0.310 e. The van der Waals surface area contributed by atoms with Crippen LogP contribution < -0.4 is 5.56 Å². The summed E-state index contributed by atoms with van der Waals surface area (Å²) in [4.78, 5) is 21.3. The van der Waals surface area contributed by atoms with Gasteiger partial charge in [-0.1, -0.05) is 29.8 Å². The Bertz CT molecular complexity index is 1100. The molecule has 4 aromatic rings. The summed E-state index contributed by atoms with van der Waals surface area (Å²) in [6.45, 7) is 2.21. The summed E-state index contributed by atoms with van der Waals surface area (Å²) >= 11 is 6.19. The second kappa shape index (κ2) is 5.17. The van der Waals surface area contributed by atoms with E-state index in [0.29, 0.717) is 33.9 Å². The first-order valence-corrected chi connectivity index (χ1v) is 7.46.